The second-order valence-corrected chi connectivity index (χ2v) is 7.25. The number of nitrogens with one attached hydrogen (secondary N) is 1. The van der Waals surface area contributed by atoms with Gasteiger partial charge in [-0.15, -0.1) is 11.3 Å². The van der Waals surface area contributed by atoms with Crippen LogP contribution in [0.15, 0.2) is 12.1 Å². The lowest BCUT2D eigenvalue weighted by molar-refractivity contribution is 0.00167. The Balaban J connectivity index is 1.60. The lowest BCUT2D eigenvalue weighted by Crippen LogP contribution is -2.52. The first-order valence-corrected chi connectivity index (χ1v) is 8.80. The summed E-state index contributed by atoms with van der Waals surface area (Å²) in [5.74, 6) is 0.541. The van der Waals surface area contributed by atoms with E-state index in [0.29, 0.717) is 18.5 Å². The van der Waals surface area contributed by atoms with Crippen molar-refractivity contribution in [2.45, 2.75) is 19.4 Å². The van der Waals surface area contributed by atoms with Crippen LogP contribution >= 0.6 is 11.3 Å². The molecule has 2 saturated heterocycles. The third-order valence-electron chi connectivity index (χ3n) is 4.46. The molecule has 5 nitrogen and oxygen atoms in total. The molecule has 1 aromatic heterocycles. The smallest absolute Gasteiger partial charge is 0.261 e. The molecule has 122 valence electrons. The maximum absolute atomic E-state index is 12.3. The minimum absolute atomic E-state index is 0.0373. The Kier molecular flexibility index (Phi) is 5.46. The van der Waals surface area contributed by atoms with Gasteiger partial charge in [0.2, 0.25) is 0 Å². The molecular formula is C16H24N2O3S. The van der Waals surface area contributed by atoms with E-state index in [1.807, 2.05) is 19.1 Å². The van der Waals surface area contributed by atoms with Crippen molar-refractivity contribution < 1.29 is 14.3 Å². The molecule has 3 heterocycles. The lowest BCUT2D eigenvalue weighted by atomic mass is 9.97. The molecule has 0 unspecified atom stereocenters. The van der Waals surface area contributed by atoms with Crippen LogP contribution in [0.4, 0.5) is 0 Å². The van der Waals surface area contributed by atoms with E-state index in [1.165, 1.54) is 4.88 Å². The fraction of sp³-hybridized carbons (Fsp3) is 0.688. The highest BCUT2D eigenvalue weighted by Crippen LogP contribution is 2.22. The van der Waals surface area contributed by atoms with Crippen LogP contribution in [-0.4, -0.2) is 62.9 Å². The maximum atomic E-state index is 12.3. The number of hydrogen-bond acceptors (Lipinski definition) is 5. The number of aryl methyl sites for hydroxylation is 1. The zero-order chi connectivity index (χ0) is 15.4. The molecule has 1 aromatic rings. The number of ether oxygens (including phenoxy) is 2. The Morgan fingerprint density at radius 1 is 1.36 bits per heavy atom. The van der Waals surface area contributed by atoms with Crippen molar-refractivity contribution in [2.75, 3.05) is 46.1 Å². The summed E-state index contributed by atoms with van der Waals surface area (Å²) < 4.78 is 11.0. The number of rotatable bonds is 5. The van der Waals surface area contributed by atoms with E-state index in [0.717, 1.165) is 50.8 Å². The van der Waals surface area contributed by atoms with E-state index in [2.05, 4.69) is 10.2 Å². The van der Waals surface area contributed by atoms with Crippen molar-refractivity contribution in [2.24, 2.45) is 5.92 Å². The molecule has 0 aliphatic carbocycles. The average molecular weight is 324 g/mol. The zero-order valence-corrected chi connectivity index (χ0v) is 13.9. The molecule has 1 N–H and O–H groups in total. The number of carbonyl (C=O) groups is 1. The van der Waals surface area contributed by atoms with Crippen LogP contribution in [0, 0.1) is 12.8 Å². The number of morpholine rings is 1. The minimum Gasteiger partial charge on any atom is -0.381 e. The maximum Gasteiger partial charge on any atom is 0.261 e. The Labute approximate surface area is 135 Å². The molecule has 2 aliphatic rings. The molecular weight excluding hydrogens is 300 g/mol. The van der Waals surface area contributed by atoms with Crippen LogP contribution in [0.5, 0.6) is 0 Å². The van der Waals surface area contributed by atoms with E-state index in [1.54, 1.807) is 11.3 Å². The first-order chi connectivity index (χ1) is 10.7. The highest BCUT2D eigenvalue weighted by molar-refractivity contribution is 7.13. The minimum atomic E-state index is 0.0373. The SMILES string of the molecule is Cc1ccc(C(=O)NC[C@@H]([C@@H]2CCOC2)N2CCOCC2)s1. The van der Waals surface area contributed by atoms with Crippen LogP contribution in [-0.2, 0) is 9.47 Å². The van der Waals surface area contributed by atoms with Gasteiger partial charge in [-0.2, -0.15) is 0 Å². The van der Waals surface area contributed by atoms with Gasteiger partial charge < -0.3 is 14.8 Å². The Morgan fingerprint density at radius 2 is 2.18 bits per heavy atom. The molecule has 2 aliphatic heterocycles. The van der Waals surface area contributed by atoms with Gasteiger partial charge in [0.25, 0.3) is 5.91 Å². The topological polar surface area (TPSA) is 50.8 Å². The normalized spacial score (nSPS) is 24.3. The summed E-state index contributed by atoms with van der Waals surface area (Å²) in [5.41, 5.74) is 0. The van der Waals surface area contributed by atoms with Crippen molar-refractivity contribution >= 4 is 17.2 Å². The van der Waals surface area contributed by atoms with Crippen LogP contribution in [0.2, 0.25) is 0 Å². The van der Waals surface area contributed by atoms with Gasteiger partial charge in [0, 0.05) is 43.1 Å². The van der Waals surface area contributed by atoms with Crippen LogP contribution < -0.4 is 5.32 Å². The van der Waals surface area contributed by atoms with Gasteiger partial charge in [-0.3, -0.25) is 9.69 Å². The predicted octanol–water partition coefficient (Wildman–Crippen LogP) is 1.52. The third kappa shape index (κ3) is 3.87. The summed E-state index contributed by atoms with van der Waals surface area (Å²) in [6, 6.07) is 4.23. The van der Waals surface area contributed by atoms with Crippen molar-refractivity contribution in [1.29, 1.82) is 0 Å². The number of thiophene rings is 1. The van der Waals surface area contributed by atoms with Crippen LogP contribution in [0.3, 0.4) is 0 Å². The Bertz CT molecular complexity index is 493. The molecule has 3 rings (SSSR count). The Morgan fingerprint density at radius 3 is 2.82 bits per heavy atom. The van der Waals surface area contributed by atoms with Crippen LogP contribution in [0.25, 0.3) is 0 Å². The standard InChI is InChI=1S/C16H24N2O3S/c1-12-2-3-15(22-12)16(19)17-10-14(13-4-7-21-11-13)18-5-8-20-9-6-18/h2-3,13-14H,4-11H2,1H3,(H,17,19)/t13-,14+/m1/s1. The molecule has 0 radical (unpaired) electrons. The van der Waals surface area contributed by atoms with E-state index < -0.39 is 0 Å². The predicted molar refractivity (Wildman–Crippen MR) is 86.5 cm³/mol. The van der Waals surface area contributed by atoms with Gasteiger partial charge in [-0.25, -0.2) is 0 Å². The molecule has 2 fully saturated rings. The van der Waals surface area contributed by atoms with E-state index in [-0.39, 0.29) is 5.91 Å². The number of nitrogens with zero attached hydrogens (tertiary/aromatic N) is 1. The Hall–Kier alpha value is -0.950. The molecule has 1 amide bonds. The first-order valence-electron chi connectivity index (χ1n) is 7.98. The summed E-state index contributed by atoms with van der Waals surface area (Å²) in [4.78, 5) is 16.7. The molecule has 0 bridgehead atoms. The van der Waals surface area contributed by atoms with Crippen molar-refractivity contribution in [1.82, 2.24) is 10.2 Å². The molecule has 0 aromatic carbocycles. The lowest BCUT2D eigenvalue weighted by Gasteiger charge is -2.37. The van der Waals surface area contributed by atoms with Crippen molar-refractivity contribution in [3.8, 4) is 0 Å². The monoisotopic (exact) mass is 324 g/mol. The van der Waals surface area contributed by atoms with Gasteiger partial charge in [0.05, 0.1) is 24.7 Å². The molecule has 0 saturated carbocycles. The fourth-order valence-electron chi connectivity index (χ4n) is 3.20. The summed E-state index contributed by atoms with van der Waals surface area (Å²) in [5, 5.41) is 3.12. The summed E-state index contributed by atoms with van der Waals surface area (Å²) >= 11 is 1.55. The highest BCUT2D eigenvalue weighted by Gasteiger charge is 2.31. The quantitative estimate of drug-likeness (QED) is 0.892. The van der Waals surface area contributed by atoms with Gasteiger partial charge in [-0.1, -0.05) is 0 Å². The summed E-state index contributed by atoms with van der Waals surface area (Å²) in [6.07, 6.45) is 1.08. The molecule has 2 atom stereocenters. The number of hydrogen-bond donors (Lipinski definition) is 1. The number of amides is 1. The van der Waals surface area contributed by atoms with E-state index in [4.69, 9.17) is 9.47 Å². The zero-order valence-electron chi connectivity index (χ0n) is 13.0. The first kappa shape index (κ1) is 15.9. The van der Waals surface area contributed by atoms with E-state index in [9.17, 15) is 4.79 Å². The van der Waals surface area contributed by atoms with Gasteiger partial charge >= 0.3 is 0 Å². The molecule has 22 heavy (non-hydrogen) atoms. The third-order valence-corrected chi connectivity index (χ3v) is 5.46. The van der Waals surface area contributed by atoms with Gasteiger partial charge in [0.1, 0.15) is 0 Å². The average Bonchev–Trinajstić information content (AvgIpc) is 3.20. The summed E-state index contributed by atoms with van der Waals surface area (Å²) in [7, 11) is 0. The molecule has 6 heteroatoms. The number of carbonyl (C=O) groups excluding carboxylic acids is 1. The van der Waals surface area contributed by atoms with Gasteiger partial charge in [0.15, 0.2) is 0 Å². The highest BCUT2D eigenvalue weighted by atomic mass is 32.1. The van der Waals surface area contributed by atoms with Crippen LogP contribution in [0.1, 0.15) is 21.0 Å². The van der Waals surface area contributed by atoms with E-state index >= 15 is 0 Å². The van der Waals surface area contributed by atoms with Crippen molar-refractivity contribution in [3.63, 3.8) is 0 Å². The second kappa shape index (κ2) is 7.55. The summed E-state index contributed by atoms with van der Waals surface area (Å²) in [6.45, 7) is 7.78. The van der Waals surface area contributed by atoms with Crippen molar-refractivity contribution in [3.05, 3.63) is 21.9 Å². The van der Waals surface area contributed by atoms with Gasteiger partial charge in [-0.05, 0) is 25.5 Å². The largest absolute Gasteiger partial charge is 0.381 e. The fourth-order valence-corrected chi connectivity index (χ4v) is 3.98. The second-order valence-electron chi connectivity index (χ2n) is 5.96. The molecule has 0 spiro atoms.